The van der Waals surface area contributed by atoms with Crippen LogP contribution < -0.4 is 10.6 Å². The number of hydrogen-bond donors (Lipinski definition) is 3. The molecule has 3 amide bonds. The van der Waals surface area contributed by atoms with Gasteiger partial charge in [0.15, 0.2) is 17.1 Å². The van der Waals surface area contributed by atoms with Crippen LogP contribution in [0.1, 0.15) is 40.0 Å². The maximum absolute atomic E-state index is 15.4. The second-order valence-corrected chi connectivity index (χ2v) is 11.1. The quantitative estimate of drug-likeness (QED) is 0.242. The number of nitrogens with zero attached hydrogens (tertiary/aromatic N) is 2. The van der Waals surface area contributed by atoms with Gasteiger partial charge in [-0.1, -0.05) is 41.9 Å². The number of aromatic nitrogens is 2. The topological polar surface area (TPSA) is 116 Å². The molecule has 6 rings (SSSR count). The summed E-state index contributed by atoms with van der Waals surface area (Å²) in [6, 6.07) is 14.1. The molecule has 1 saturated heterocycles. The fourth-order valence-corrected chi connectivity index (χ4v) is 6.00. The second kappa shape index (κ2) is 11.1. The third-order valence-electron chi connectivity index (χ3n) is 7.82. The highest BCUT2D eigenvalue weighted by atomic mass is 35.5. The van der Waals surface area contributed by atoms with Gasteiger partial charge in [-0.05, 0) is 48.7 Å². The molecule has 3 N–H and O–H groups in total. The van der Waals surface area contributed by atoms with Gasteiger partial charge in [-0.3, -0.25) is 20.0 Å². The van der Waals surface area contributed by atoms with Gasteiger partial charge in [0.2, 0.25) is 5.91 Å². The Hall–Kier alpha value is -4.65. The van der Waals surface area contributed by atoms with Crippen molar-refractivity contribution in [1.82, 2.24) is 20.4 Å². The van der Waals surface area contributed by atoms with Gasteiger partial charge in [0.1, 0.15) is 6.04 Å². The predicted molar refractivity (Wildman–Crippen MR) is 152 cm³/mol. The van der Waals surface area contributed by atoms with Gasteiger partial charge in [0, 0.05) is 23.9 Å². The van der Waals surface area contributed by atoms with Gasteiger partial charge in [-0.25, -0.2) is 9.18 Å². The number of amides is 3. The highest BCUT2D eigenvalue weighted by Crippen LogP contribution is 2.45. The van der Waals surface area contributed by atoms with Crippen LogP contribution in [0.15, 0.2) is 60.7 Å². The molecule has 14 heteroatoms. The van der Waals surface area contributed by atoms with Gasteiger partial charge < -0.3 is 15.0 Å². The summed E-state index contributed by atoms with van der Waals surface area (Å²) in [6.07, 6.45) is -4.95. The fraction of sp³-hybridized carbons (Fsp3) is 0.267. The van der Waals surface area contributed by atoms with Crippen molar-refractivity contribution in [2.75, 3.05) is 18.4 Å². The normalized spacial score (nSPS) is 18.8. The number of alkyl halides is 3. The third kappa shape index (κ3) is 5.43. The number of carbonyl (C=O) groups excluding carboxylic acids is 3. The highest BCUT2D eigenvalue weighted by molar-refractivity contribution is 6.31. The second-order valence-electron chi connectivity index (χ2n) is 10.7. The minimum absolute atomic E-state index is 0.0274. The minimum Gasteiger partial charge on any atom is -0.436 e. The van der Waals surface area contributed by atoms with Crippen molar-refractivity contribution in [1.29, 1.82) is 0 Å². The Bertz CT molecular complexity index is 1780. The Kier molecular flexibility index (Phi) is 7.44. The summed E-state index contributed by atoms with van der Waals surface area (Å²) >= 11 is 6.06. The van der Waals surface area contributed by atoms with Crippen molar-refractivity contribution in [2.24, 2.45) is 0 Å². The number of aromatic amines is 1. The Morgan fingerprint density at radius 2 is 1.91 bits per heavy atom. The minimum atomic E-state index is -4.75. The molecule has 44 heavy (non-hydrogen) atoms. The average molecular weight is 630 g/mol. The van der Waals surface area contributed by atoms with Crippen molar-refractivity contribution < 1.29 is 36.7 Å². The van der Waals surface area contributed by atoms with Crippen molar-refractivity contribution in [2.45, 2.75) is 37.1 Å². The van der Waals surface area contributed by atoms with Crippen molar-refractivity contribution in [3.05, 3.63) is 93.9 Å². The Labute approximate surface area is 252 Å². The van der Waals surface area contributed by atoms with Crippen LogP contribution in [0.25, 0.3) is 10.9 Å². The number of ether oxygens (including phenoxy) is 1. The van der Waals surface area contributed by atoms with E-state index in [0.717, 1.165) is 6.07 Å². The van der Waals surface area contributed by atoms with E-state index in [1.165, 1.54) is 29.2 Å². The van der Waals surface area contributed by atoms with Crippen LogP contribution >= 0.6 is 11.6 Å². The van der Waals surface area contributed by atoms with Gasteiger partial charge in [-0.2, -0.15) is 18.3 Å². The van der Waals surface area contributed by atoms with E-state index in [4.69, 9.17) is 16.3 Å². The molecular weight excluding hydrogens is 606 g/mol. The SMILES string of the molecule is O=C1Nc2ccc(Cl)c(F)c2[C@@]2(CCCN(C(=O)[C@H](Cc3ccccc3)NC(=O)c3ccc4[nH]nc(C(F)(F)F)c4c3)C2)O1. The lowest BCUT2D eigenvalue weighted by Crippen LogP contribution is -2.57. The molecule has 0 unspecified atom stereocenters. The lowest BCUT2D eigenvalue weighted by atomic mass is 9.82. The first-order valence-corrected chi connectivity index (χ1v) is 14.0. The number of benzene rings is 3. The maximum Gasteiger partial charge on any atom is 0.435 e. The van der Waals surface area contributed by atoms with Crippen molar-refractivity contribution >= 4 is 46.1 Å². The number of nitrogens with one attached hydrogen (secondary N) is 3. The number of halogens is 5. The molecule has 9 nitrogen and oxygen atoms in total. The summed E-state index contributed by atoms with van der Waals surface area (Å²) in [5, 5.41) is 10.3. The molecule has 2 aliphatic rings. The van der Waals surface area contributed by atoms with Crippen LogP contribution in [0.2, 0.25) is 5.02 Å². The van der Waals surface area contributed by atoms with E-state index >= 15 is 4.39 Å². The number of fused-ring (bicyclic) bond motifs is 3. The molecule has 1 fully saturated rings. The fourth-order valence-electron chi connectivity index (χ4n) is 5.84. The Balaban J connectivity index is 1.31. The van der Waals surface area contributed by atoms with E-state index in [1.54, 1.807) is 30.3 Å². The number of carbonyl (C=O) groups is 3. The lowest BCUT2D eigenvalue weighted by Gasteiger charge is -2.45. The van der Waals surface area contributed by atoms with Crippen LogP contribution in [0.4, 0.5) is 28.0 Å². The van der Waals surface area contributed by atoms with Crippen molar-refractivity contribution in [3.63, 3.8) is 0 Å². The number of anilines is 1. The number of H-pyrrole nitrogens is 1. The van der Waals surface area contributed by atoms with Gasteiger partial charge in [0.05, 0.1) is 28.3 Å². The molecule has 228 valence electrons. The summed E-state index contributed by atoms with van der Waals surface area (Å²) in [4.78, 5) is 41.3. The monoisotopic (exact) mass is 629 g/mol. The first-order chi connectivity index (χ1) is 20.9. The van der Waals surface area contributed by atoms with Crippen LogP contribution in [0.3, 0.4) is 0 Å². The average Bonchev–Trinajstić information content (AvgIpc) is 3.43. The molecule has 1 aromatic heterocycles. The molecular formula is C30H24ClF4N5O4. The largest absolute Gasteiger partial charge is 0.436 e. The summed E-state index contributed by atoms with van der Waals surface area (Å²) in [6.45, 7) is 0.0146. The predicted octanol–water partition coefficient (Wildman–Crippen LogP) is 5.80. The highest BCUT2D eigenvalue weighted by Gasteiger charge is 2.49. The summed E-state index contributed by atoms with van der Waals surface area (Å²) in [5.74, 6) is -2.10. The zero-order valence-corrected chi connectivity index (χ0v) is 23.6. The number of hydrogen-bond acceptors (Lipinski definition) is 5. The molecule has 0 aliphatic carbocycles. The van der Waals surface area contributed by atoms with E-state index in [2.05, 4.69) is 20.8 Å². The Morgan fingerprint density at radius 3 is 2.66 bits per heavy atom. The summed E-state index contributed by atoms with van der Waals surface area (Å²) in [7, 11) is 0. The van der Waals surface area contributed by atoms with Gasteiger partial charge in [-0.15, -0.1) is 0 Å². The maximum atomic E-state index is 15.4. The molecule has 2 atom stereocenters. The zero-order valence-electron chi connectivity index (χ0n) is 22.8. The standard InChI is InChI=1S/C30H24ClF4N5O4/c31-19-8-10-21-23(24(19)32)29(44-28(43)37-21)11-4-12-40(15-29)27(42)22(13-16-5-2-1-3-6-16)36-26(41)17-7-9-20-18(14-17)25(39-38-20)30(33,34)35/h1-3,5-10,14,22H,4,11-13,15H2,(H,36,41)(H,37,43)(H,38,39)/t22-,29-/m0/s1. The van der Waals surface area contributed by atoms with Crippen molar-refractivity contribution in [3.8, 4) is 0 Å². The van der Waals surface area contributed by atoms with E-state index in [9.17, 15) is 27.6 Å². The Morgan fingerprint density at radius 1 is 1.14 bits per heavy atom. The summed E-state index contributed by atoms with van der Waals surface area (Å²) in [5.41, 5.74) is -1.79. The smallest absolute Gasteiger partial charge is 0.435 e. The zero-order chi connectivity index (χ0) is 31.2. The van der Waals surface area contributed by atoms with Crippen LogP contribution in [0.5, 0.6) is 0 Å². The molecule has 0 radical (unpaired) electrons. The number of likely N-dealkylation sites (tertiary alicyclic amines) is 1. The van der Waals surface area contributed by atoms with Crippen LogP contribution in [-0.4, -0.2) is 52.1 Å². The van der Waals surface area contributed by atoms with E-state index in [1.807, 2.05) is 0 Å². The molecule has 0 saturated carbocycles. The molecule has 0 bridgehead atoms. The van der Waals surface area contributed by atoms with E-state index in [0.29, 0.717) is 12.0 Å². The molecule has 3 aromatic carbocycles. The van der Waals surface area contributed by atoms with Crippen LogP contribution in [0, 0.1) is 5.82 Å². The third-order valence-corrected chi connectivity index (χ3v) is 8.11. The molecule has 3 heterocycles. The van der Waals surface area contributed by atoms with Gasteiger partial charge in [0.25, 0.3) is 5.91 Å². The number of piperidine rings is 1. The van der Waals surface area contributed by atoms with E-state index < -0.39 is 47.2 Å². The first kappa shape index (κ1) is 29.4. The first-order valence-electron chi connectivity index (χ1n) is 13.6. The molecule has 1 spiro atoms. The summed E-state index contributed by atoms with van der Waals surface area (Å²) < 4.78 is 61.4. The molecule has 4 aromatic rings. The van der Waals surface area contributed by atoms with Gasteiger partial charge >= 0.3 is 12.3 Å². The number of rotatable bonds is 5. The van der Waals surface area contributed by atoms with E-state index in [-0.39, 0.29) is 58.7 Å². The van der Waals surface area contributed by atoms with Crippen LogP contribution in [-0.2, 0) is 27.7 Å². The molecule has 2 aliphatic heterocycles. The lowest BCUT2D eigenvalue weighted by molar-refractivity contribution is -0.141.